The van der Waals surface area contributed by atoms with Crippen LogP contribution < -0.4 is 5.11 Å². The molecule has 1 aliphatic rings. The van der Waals surface area contributed by atoms with Crippen LogP contribution in [0.5, 0.6) is 0 Å². The van der Waals surface area contributed by atoms with E-state index in [4.69, 9.17) is 14.6 Å². The van der Waals surface area contributed by atoms with Gasteiger partial charge < -0.3 is 19.1 Å². The van der Waals surface area contributed by atoms with Gasteiger partial charge >= 0.3 is 6.18 Å². The van der Waals surface area contributed by atoms with Gasteiger partial charge in [-0.3, -0.25) is 14.9 Å². The van der Waals surface area contributed by atoms with Gasteiger partial charge in [-0.25, -0.2) is 0 Å². The van der Waals surface area contributed by atoms with Gasteiger partial charge in [0.2, 0.25) is 6.04 Å². The molecule has 3 atom stereocenters. The van der Waals surface area contributed by atoms with E-state index in [1.165, 1.54) is 7.11 Å². The first-order valence-corrected chi connectivity index (χ1v) is 7.96. The first-order chi connectivity index (χ1) is 11.7. The van der Waals surface area contributed by atoms with Gasteiger partial charge in [-0.2, -0.15) is 13.2 Å². The molecule has 1 aliphatic carbocycles. The number of alkyl halides is 3. The standard InChI is InChI=1S/C13H25N2O4.C2HF3O2/c1-15(2,3)7-5-6-12(16)10-8-11(14(17)18)13(9-10)19-4;3-2(4,5)1(6)7/h10-11,13H,5-9H2,1-4H3;(H,6,7)/q+1;/p-1/t10-,11-,13-;/m0./s1. The molecule has 0 saturated heterocycles. The lowest BCUT2D eigenvalue weighted by atomic mass is 9.98. The number of quaternary nitrogens is 1. The molecule has 0 aliphatic heterocycles. The van der Waals surface area contributed by atoms with Crippen molar-refractivity contribution in [3.05, 3.63) is 10.1 Å². The molecule has 0 aromatic carbocycles. The lowest BCUT2D eigenvalue weighted by Gasteiger charge is -2.23. The van der Waals surface area contributed by atoms with Crippen LogP contribution in [0.1, 0.15) is 25.7 Å². The number of rotatable bonds is 7. The number of carbonyl (C=O) groups is 2. The Labute approximate surface area is 149 Å². The highest BCUT2D eigenvalue weighted by molar-refractivity contribution is 5.81. The minimum Gasteiger partial charge on any atom is -0.542 e. The maximum Gasteiger partial charge on any atom is 0.430 e. The molecule has 11 heteroatoms. The third-order valence-electron chi connectivity index (χ3n) is 3.98. The molecular weight excluding hydrogens is 361 g/mol. The average Bonchev–Trinajstić information content (AvgIpc) is 2.90. The van der Waals surface area contributed by atoms with E-state index in [1.54, 1.807) is 0 Å². The molecular formula is C15H25F3N2O6. The van der Waals surface area contributed by atoms with Crippen molar-refractivity contribution in [3.8, 4) is 0 Å². The lowest BCUT2D eigenvalue weighted by molar-refractivity contribution is -0.870. The highest BCUT2D eigenvalue weighted by Gasteiger charge is 2.44. The SMILES string of the molecule is CO[C@H]1C[C@@H](C(=O)CCC[N+](C)(C)C)C[C@@H]1[N+](=O)[O-].O=C([O-])C(F)(F)F. The fourth-order valence-corrected chi connectivity index (χ4v) is 2.65. The van der Waals surface area contributed by atoms with Crippen LogP contribution in [0.4, 0.5) is 13.2 Å². The van der Waals surface area contributed by atoms with Crippen LogP contribution in [-0.4, -0.2) is 74.3 Å². The number of carboxylic acids is 1. The topological polar surface area (TPSA) is 110 Å². The van der Waals surface area contributed by atoms with E-state index in [0.717, 1.165) is 17.4 Å². The number of carboxylic acid groups (broad SMARTS) is 1. The molecule has 0 amide bonds. The van der Waals surface area contributed by atoms with Gasteiger partial charge in [0.25, 0.3) is 0 Å². The van der Waals surface area contributed by atoms with Crippen molar-refractivity contribution in [2.75, 3.05) is 34.8 Å². The second-order valence-electron chi connectivity index (χ2n) is 7.16. The fourth-order valence-electron chi connectivity index (χ4n) is 2.65. The van der Waals surface area contributed by atoms with Crippen LogP contribution in [0, 0.1) is 16.0 Å². The smallest absolute Gasteiger partial charge is 0.430 e. The summed E-state index contributed by atoms with van der Waals surface area (Å²) in [5, 5.41) is 19.7. The maximum absolute atomic E-state index is 12.1. The molecule has 1 fully saturated rings. The van der Waals surface area contributed by atoms with Gasteiger partial charge in [-0.1, -0.05) is 0 Å². The normalized spacial score (nSPS) is 23.1. The summed E-state index contributed by atoms with van der Waals surface area (Å²) >= 11 is 0. The van der Waals surface area contributed by atoms with Gasteiger partial charge in [0, 0.05) is 37.2 Å². The van der Waals surface area contributed by atoms with Crippen LogP contribution in [0.15, 0.2) is 0 Å². The van der Waals surface area contributed by atoms with E-state index in [-0.39, 0.29) is 16.6 Å². The number of aliphatic carboxylic acids is 1. The number of hydrogen-bond acceptors (Lipinski definition) is 6. The lowest BCUT2D eigenvalue weighted by Crippen LogP contribution is -2.37. The van der Waals surface area contributed by atoms with Crippen molar-refractivity contribution in [2.45, 2.75) is 44.0 Å². The second kappa shape index (κ2) is 9.81. The van der Waals surface area contributed by atoms with Crippen molar-refractivity contribution in [1.82, 2.24) is 0 Å². The Hall–Kier alpha value is -1.75. The predicted molar refractivity (Wildman–Crippen MR) is 82.5 cm³/mol. The zero-order chi connectivity index (χ0) is 20.7. The van der Waals surface area contributed by atoms with Gasteiger partial charge in [0.15, 0.2) is 0 Å². The predicted octanol–water partition coefficient (Wildman–Crippen LogP) is 0.411. The van der Waals surface area contributed by atoms with E-state index in [9.17, 15) is 28.1 Å². The monoisotopic (exact) mass is 386 g/mol. The quantitative estimate of drug-likeness (QED) is 0.356. The van der Waals surface area contributed by atoms with Crippen LogP contribution in [0.2, 0.25) is 0 Å². The Morgan fingerprint density at radius 1 is 1.23 bits per heavy atom. The summed E-state index contributed by atoms with van der Waals surface area (Å²) in [6.45, 7) is 0.935. The summed E-state index contributed by atoms with van der Waals surface area (Å²) < 4.78 is 37.5. The van der Waals surface area contributed by atoms with Crippen molar-refractivity contribution < 1.29 is 42.0 Å². The Balaban J connectivity index is 0.000000758. The summed E-state index contributed by atoms with van der Waals surface area (Å²) in [6.07, 6.45) is -3.44. The number of nitro groups is 1. The zero-order valence-electron chi connectivity index (χ0n) is 15.2. The highest BCUT2D eigenvalue weighted by atomic mass is 19.4. The van der Waals surface area contributed by atoms with E-state index < -0.39 is 24.3 Å². The molecule has 0 bridgehead atoms. The van der Waals surface area contributed by atoms with Crippen LogP contribution in [0.25, 0.3) is 0 Å². The van der Waals surface area contributed by atoms with Gasteiger partial charge in [-0.05, 0) is 6.42 Å². The molecule has 0 spiro atoms. The third-order valence-corrected chi connectivity index (χ3v) is 3.98. The Morgan fingerprint density at radius 2 is 1.73 bits per heavy atom. The summed E-state index contributed by atoms with van der Waals surface area (Å²) in [5.74, 6) is -3.06. The molecule has 0 heterocycles. The number of methoxy groups -OCH3 is 1. The largest absolute Gasteiger partial charge is 0.542 e. The summed E-state index contributed by atoms with van der Waals surface area (Å²) in [6, 6.07) is -0.725. The molecule has 0 N–H and O–H groups in total. The molecule has 1 rings (SSSR count). The highest BCUT2D eigenvalue weighted by Crippen LogP contribution is 2.31. The average molecular weight is 386 g/mol. The van der Waals surface area contributed by atoms with Crippen molar-refractivity contribution in [1.29, 1.82) is 0 Å². The summed E-state index contributed by atoms with van der Waals surface area (Å²) in [7, 11) is 7.74. The Morgan fingerprint density at radius 3 is 2.04 bits per heavy atom. The van der Waals surface area contributed by atoms with Crippen molar-refractivity contribution in [3.63, 3.8) is 0 Å². The van der Waals surface area contributed by atoms with Gasteiger partial charge in [0.05, 0.1) is 27.7 Å². The van der Waals surface area contributed by atoms with Gasteiger partial charge in [-0.15, -0.1) is 0 Å². The van der Waals surface area contributed by atoms with E-state index in [2.05, 4.69) is 21.1 Å². The van der Waals surface area contributed by atoms with Crippen molar-refractivity contribution in [2.24, 2.45) is 5.92 Å². The molecule has 152 valence electrons. The minimum atomic E-state index is -5.19. The summed E-state index contributed by atoms with van der Waals surface area (Å²) in [5.41, 5.74) is 0. The van der Waals surface area contributed by atoms with Crippen LogP contribution >= 0.6 is 0 Å². The number of Topliss-reactive ketones (excluding diaryl/α,β-unsaturated/α-hetero) is 1. The minimum absolute atomic E-state index is 0.153. The molecule has 8 nitrogen and oxygen atoms in total. The Bertz CT molecular complexity index is 505. The second-order valence-corrected chi connectivity index (χ2v) is 7.16. The molecule has 1 saturated carbocycles. The molecule has 0 unspecified atom stereocenters. The number of halogens is 3. The molecule has 0 aromatic rings. The molecule has 0 aromatic heterocycles. The van der Waals surface area contributed by atoms with E-state index in [1.807, 2.05) is 0 Å². The third kappa shape index (κ3) is 9.09. The Kier molecular flexibility index (Phi) is 9.15. The van der Waals surface area contributed by atoms with Crippen molar-refractivity contribution >= 4 is 11.8 Å². The molecule has 0 radical (unpaired) electrons. The number of nitrogens with zero attached hydrogens (tertiary/aromatic N) is 2. The zero-order valence-corrected chi connectivity index (χ0v) is 15.2. The number of ketones is 1. The summed E-state index contributed by atoms with van der Waals surface area (Å²) in [4.78, 5) is 31.4. The van der Waals surface area contributed by atoms with E-state index in [0.29, 0.717) is 19.3 Å². The number of hydrogen-bond donors (Lipinski definition) is 0. The first-order valence-electron chi connectivity index (χ1n) is 7.96. The van der Waals surface area contributed by atoms with Crippen LogP contribution in [0.3, 0.4) is 0 Å². The van der Waals surface area contributed by atoms with Gasteiger partial charge in [0.1, 0.15) is 17.9 Å². The first kappa shape index (κ1) is 24.2. The number of carbonyl (C=O) groups excluding carboxylic acids is 2. The van der Waals surface area contributed by atoms with Crippen LogP contribution in [-0.2, 0) is 14.3 Å². The molecule has 26 heavy (non-hydrogen) atoms. The van der Waals surface area contributed by atoms with E-state index >= 15 is 0 Å². The fraction of sp³-hybridized carbons (Fsp3) is 0.867. The maximum atomic E-state index is 12.1. The number of ether oxygens (including phenoxy) is 1.